The van der Waals surface area contributed by atoms with E-state index in [4.69, 9.17) is 9.15 Å². The number of rotatable bonds is 7. The SMILES string of the molecule is CCNC(C)c1nnc(NCc2ccnc(OC)c2)o1. The van der Waals surface area contributed by atoms with Crippen molar-refractivity contribution in [3.8, 4) is 5.88 Å². The van der Waals surface area contributed by atoms with Crippen molar-refractivity contribution in [3.63, 3.8) is 0 Å². The minimum Gasteiger partial charge on any atom is -0.481 e. The summed E-state index contributed by atoms with van der Waals surface area (Å²) in [7, 11) is 1.59. The first-order valence-corrected chi connectivity index (χ1v) is 6.52. The molecule has 0 bridgehead atoms. The van der Waals surface area contributed by atoms with E-state index in [1.807, 2.05) is 26.0 Å². The van der Waals surface area contributed by atoms with Gasteiger partial charge in [-0.25, -0.2) is 4.98 Å². The maximum Gasteiger partial charge on any atom is 0.315 e. The fraction of sp³-hybridized carbons (Fsp3) is 0.462. The van der Waals surface area contributed by atoms with Crippen LogP contribution in [0, 0.1) is 0 Å². The molecular weight excluding hydrogens is 258 g/mol. The molecule has 0 aliphatic rings. The monoisotopic (exact) mass is 277 g/mol. The fourth-order valence-electron chi connectivity index (χ4n) is 1.72. The highest BCUT2D eigenvalue weighted by molar-refractivity contribution is 5.26. The summed E-state index contributed by atoms with van der Waals surface area (Å²) < 4.78 is 10.6. The molecule has 0 saturated heterocycles. The van der Waals surface area contributed by atoms with Crippen LogP contribution in [0.1, 0.15) is 31.3 Å². The van der Waals surface area contributed by atoms with Crippen LogP contribution in [-0.2, 0) is 6.54 Å². The highest BCUT2D eigenvalue weighted by Crippen LogP contribution is 2.15. The molecule has 108 valence electrons. The van der Waals surface area contributed by atoms with Gasteiger partial charge in [-0.05, 0) is 25.1 Å². The second kappa shape index (κ2) is 6.85. The third-order valence-electron chi connectivity index (χ3n) is 2.77. The van der Waals surface area contributed by atoms with Gasteiger partial charge in [0.1, 0.15) is 0 Å². The van der Waals surface area contributed by atoms with Crippen LogP contribution in [0.3, 0.4) is 0 Å². The summed E-state index contributed by atoms with van der Waals surface area (Å²) in [5, 5.41) is 14.3. The summed E-state index contributed by atoms with van der Waals surface area (Å²) in [6, 6.07) is 4.20. The van der Waals surface area contributed by atoms with Crippen LogP contribution < -0.4 is 15.4 Å². The van der Waals surface area contributed by atoms with Crippen molar-refractivity contribution >= 4 is 6.01 Å². The molecule has 0 fully saturated rings. The molecule has 20 heavy (non-hydrogen) atoms. The molecule has 0 saturated carbocycles. The summed E-state index contributed by atoms with van der Waals surface area (Å²) in [5.41, 5.74) is 1.02. The van der Waals surface area contributed by atoms with Crippen LogP contribution in [0.5, 0.6) is 5.88 Å². The Labute approximate surface area is 117 Å². The molecule has 2 heterocycles. The standard InChI is InChI=1S/C13H19N5O2/c1-4-14-9(2)12-17-18-13(20-12)16-8-10-5-6-15-11(7-10)19-3/h5-7,9,14H,4,8H2,1-3H3,(H,16,18). The molecule has 7 heteroatoms. The van der Waals surface area contributed by atoms with E-state index in [0.717, 1.165) is 12.1 Å². The van der Waals surface area contributed by atoms with Gasteiger partial charge < -0.3 is 19.8 Å². The molecule has 2 aromatic heterocycles. The van der Waals surface area contributed by atoms with E-state index in [1.54, 1.807) is 13.3 Å². The van der Waals surface area contributed by atoms with E-state index in [1.165, 1.54) is 0 Å². The van der Waals surface area contributed by atoms with Crippen molar-refractivity contribution in [2.24, 2.45) is 0 Å². The lowest BCUT2D eigenvalue weighted by Gasteiger charge is -2.06. The number of aromatic nitrogens is 3. The molecule has 0 amide bonds. The van der Waals surface area contributed by atoms with Crippen molar-refractivity contribution in [2.75, 3.05) is 19.0 Å². The van der Waals surface area contributed by atoms with Gasteiger partial charge in [-0.3, -0.25) is 0 Å². The fourth-order valence-corrected chi connectivity index (χ4v) is 1.72. The third kappa shape index (κ3) is 3.67. The summed E-state index contributed by atoms with van der Waals surface area (Å²) in [6.45, 7) is 5.43. The minimum absolute atomic E-state index is 0.0454. The number of ether oxygens (including phenoxy) is 1. The number of methoxy groups -OCH3 is 1. The quantitative estimate of drug-likeness (QED) is 0.797. The van der Waals surface area contributed by atoms with E-state index < -0.39 is 0 Å². The third-order valence-corrected chi connectivity index (χ3v) is 2.77. The van der Waals surface area contributed by atoms with Crippen molar-refractivity contribution in [2.45, 2.75) is 26.4 Å². The molecule has 0 aliphatic carbocycles. The van der Waals surface area contributed by atoms with E-state index in [2.05, 4.69) is 25.8 Å². The van der Waals surface area contributed by atoms with Crippen LogP contribution in [0.15, 0.2) is 22.7 Å². The van der Waals surface area contributed by atoms with Gasteiger partial charge in [-0.2, -0.15) is 0 Å². The molecule has 1 unspecified atom stereocenters. The zero-order chi connectivity index (χ0) is 14.4. The van der Waals surface area contributed by atoms with Crippen LogP contribution in [0.25, 0.3) is 0 Å². The maximum atomic E-state index is 5.53. The number of anilines is 1. The molecular formula is C13H19N5O2. The Morgan fingerprint density at radius 2 is 2.25 bits per heavy atom. The molecule has 0 radical (unpaired) electrons. The van der Waals surface area contributed by atoms with Crippen LogP contribution >= 0.6 is 0 Å². The Morgan fingerprint density at radius 1 is 1.40 bits per heavy atom. The second-order valence-electron chi connectivity index (χ2n) is 4.28. The lowest BCUT2D eigenvalue weighted by molar-refractivity contribution is 0.397. The number of nitrogens with one attached hydrogen (secondary N) is 2. The normalized spacial score (nSPS) is 12.2. The van der Waals surface area contributed by atoms with Crippen molar-refractivity contribution < 1.29 is 9.15 Å². The van der Waals surface area contributed by atoms with E-state index in [0.29, 0.717) is 24.3 Å². The zero-order valence-corrected chi connectivity index (χ0v) is 11.9. The van der Waals surface area contributed by atoms with Gasteiger partial charge in [0.05, 0.1) is 13.2 Å². The van der Waals surface area contributed by atoms with Gasteiger partial charge >= 0.3 is 6.01 Å². The van der Waals surface area contributed by atoms with E-state index >= 15 is 0 Å². The maximum absolute atomic E-state index is 5.53. The molecule has 2 aromatic rings. The first kappa shape index (κ1) is 14.3. The Kier molecular flexibility index (Phi) is 4.89. The number of hydrogen-bond acceptors (Lipinski definition) is 7. The second-order valence-corrected chi connectivity index (χ2v) is 4.28. The molecule has 0 aliphatic heterocycles. The van der Waals surface area contributed by atoms with Gasteiger partial charge in [0.15, 0.2) is 0 Å². The molecule has 2 rings (SSSR count). The number of pyridine rings is 1. The summed E-state index contributed by atoms with van der Waals surface area (Å²) in [5.74, 6) is 1.15. The highest BCUT2D eigenvalue weighted by atomic mass is 16.5. The summed E-state index contributed by atoms with van der Waals surface area (Å²) in [6.07, 6.45) is 1.70. The van der Waals surface area contributed by atoms with Crippen LogP contribution in [0.2, 0.25) is 0 Å². The number of nitrogens with zero attached hydrogens (tertiary/aromatic N) is 3. The zero-order valence-electron chi connectivity index (χ0n) is 11.9. The summed E-state index contributed by atoms with van der Waals surface area (Å²) >= 11 is 0. The minimum atomic E-state index is 0.0454. The first-order chi connectivity index (χ1) is 9.72. The van der Waals surface area contributed by atoms with Gasteiger partial charge in [0.2, 0.25) is 11.8 Å². The van der Waals surface area contributed by atoms with Crippen molar-refractivity contribution in [1.29, 1.82) is 0 Å². The van der Waals surface area contributed by atoms with Gasteiger partial charge in [0.25, 0.3) is 0 Å². The molecule has 0 aromatic carbocycles. The van der Waals surface area contributed by atoms with Crippen molar-refractivity contribution in [1.82, 2.24) is 20.5 Å². The van der Waals surface area contributed by atoms with E-state index in [-0.39, 0.29) is 6.04 Å². The highest BCUT2D eigenvalue weighted by Gasteiger charge is 2.12. The molecule has 7 nitrogen and oxygen atoms in total. The largest absolute Gasteiger partial charge is 0.481 e. The van der Waals surface area contributed by atoms with Crippen LogP contribution in [-0.4, -0.2) is 28.8 Å². The number of hydrogen-bond donors (Lipinski definition) is 2. The summed E-state index contributed by atoms with van der Waals surface area (Å²) in [4.78, 5) is 4.05. The average molecular weight is 277 g/mol. The van der Waals surface area contributed by atoms with Crippen molar-refractivity contribution in [3.05, 3.63) is 29.8 Å². The Bertz CT molecular complexity index is 543. The van der Waals surface area contributed by atoms with Crippen LogP contribution in [0.4, 0.5) is 6.01 Å². The van der Waals surface area contributed by atoms with E-state index in [9.17, 15) is 0 Å². The van der Waals surface area contributed by atoms with Gasteiger partial charge in [-0.15, -0.1) is 5.10 Å². The lowest BCUT2D eigenvalue weighted by atomic mass is 10.2. The average Bonchev–Trinajstić information content (AvgIpc) is 2.94. The predicted molar refractivity (Wildman–Crippen MR) is 74.5 cm³/mol. The topological polar surface area (TPSA) is 85.1 Å². The van der Waals surface area contributed by atoms with Gasteiger partial charge in [-0.1, -0.05) is 12.0 Å². The predicted octanol–water partition coefficient (Wildman–Crippen LogP) is 1.76. The Hall–Kier alpha value is -2.15. The lowest BCUT2D eigenvalue weighted by Crippen LogP contribution is -2.17. The molecule has 1 atom stereocenters. The molecule has 0 spiro atoms. The molecule has 2 N–H and O–H groups in total. The smallest absolute Gasteiger partial charge is 0.315 e. The van der Waals surface area contributed by atoms with Gasteiger partial charge in [0, 0.05) is 18.8 Å². The Morgan fingerprint density at radius 3 is 3.00 bits per heavy atom. The first-order valence-electron chi connectivity index (χ1n) is 6.52. The Balaban J connectivity index is 1.93.